The van der Waals surface area contributed by atoms with E-state index in [0.717, 1.165) is 32.4 Å². The van der Waals surface area contributed by atoms with E-state index in [9.17, 15) is 9.59 Å². The molecule has 0 spiro atoms. The predicted octanol–water partition coefficient (Wildman–Crippen LogP) is 1.43. The molecule has 0 aromatic carbocycles. The van der Waals surface area contributed by atoms with Crippen LogP contribution in [0.1, 0.15) is 52.9 Å². The lowest BCUT2D eigenvalue weighted by Crippen LogP contribution is -2.30. The third kappa shape index (κ3) is 5.19. The molecule has 0 aliphatic carbocycles. The summed E-state index contributed by atoms with van der Waals surface area (Å²) >= 11 is 0. The van der Waals surface area contributed by atoms with Crippen LogP contribution in [0.25, 0.3) is 0 Å². The lowest BCUT2D eigenvalue weighted by atomic mass is 9.80. The van der Waals surface area contributed by atoms with E-state index < -0.39 is 0 Å². The van der Waals surface area contributed by atoms with E-state index in [1.807, 2.05) is 4.90 Å². The second kappa shape index (κ2) is 6.89. The van der Waals surface area contributed by atoms with E-state index in [2.05, 4.69) is 26.2 Å². The van der Waals surface area contributed by atoms with Crippen LogP contribution in [0.4, 0.5) is 0 Å². The number of nitrogens with two attached hydrogens (primary N) is 1. The number of likely N-dealkylation sites (tertiary alicyclic amines) is 1. The van der Waals surface area contributed by atoms with Gasteiger partial charge in [0.15, 0.2) is 0 Å². The fraction of sp³-hybridized carbons (Fsp3) is 0.857. The molecule has 3 N–H and O–H groups in total. The zero-order chi connectivity index (χ0) is 14.5. The number of carbonyl (C=O) groups is 2. The van der Waals surface area contributed by atoms with Crippen molar-refractivity contribution in [3.05, 3.63) is 0 Å². The van der Waals surface area contributed by atoms with Gasteiger partial charge >= 0.3 is 0 Å². The maximum atomic E-state index is 11.9. The molecule has 2 amide bonds. The van der Waals surface area contributed by atoms with Gasteiger partial charge in [0.2, 0.25) is 11.8 Å². The predicted molar refractivity (Wildman–Crippen MR) is 74.9 cm³/mol. The number of rotatable bonds is 6. The van der Waals surface area contributed by atoms with Crippen LogP contribution in [-0.4, -0.2) is 29.8 Å². The Balaban J connectivity index is 2.20. The molecule has 5 nitrogen and oxygen atoms in total. The molecule has 1 heterocycles. The standard InChI is InChI=1S/C14H27N3O2/c1-14(2,3)11-9-13(19)17(10-11)8-6-4-5-7-12(18)16-15/h11H,4-10,15H2,1-3H3,(H,16,18). The van der Waals surface area contributed by atoms with Crippen molar-refractivity contribution in [3.63, 3.8) is 0 Å². The average Bonchev–Trinajstić information content (AvgIpc) is 2.70. The molecule has 110 valence electrons. The molecule has 19 heavy (non-hydrogen) atoms. The minimum atomic E-state index is -0.120. The summed E-state index contributed by atoms with van der Waals surface area (Å²) in [5.74, 6) is 5.63. The van der Waals surface area contributed by atoms with Crippen LogP contribution >= 0.6 is 0 Å². The van der Waals surface area contributed by atoms with E-state index in [1.54, 1.807) is 0 Å². The zero-order valence-corrected chi connectivity index (χ0v) is 12.4. The molecule has 1 unspecified atom stereocenters. The molecule has 0 saturated carbocycles. The van der Waals surface area contributed by atoms with Crippen LogP contribution in [0.5, 0.6) is 0 Å². The largest absolute Gasteiger partial charge is 0.342 e. The van der Waals surface area contributed by atoms with E-state index >= 15 is 0 Å². The van der Waals surface area contributed by atoms with Crippen LogP contribution in [0, 0.1) is 11.3 Å². The summed E-state index contributed by atoms with van der Waals surface area (Å²) in [5, 5.41) is 0. The van der Waals surface area contributed by atoms with E-state index in [1.165, 1.54) is 0 Å². The highest BCUT2D eigenvalue weighted by Crippen LogP contribution is 2.34. The minimum absolute atomic E-state index is 0.120. The average molecular weight is 269 g/mol. The molecular formula is C14H27N3O2. The first-order valence-electron chi connectivity index (χ1n) is 7.12. The Labute approximate surface area is 115 Å². The molecule has 1 rings (SSSR count). The summed E-state index contributed by atoms with van der Waals surface area (Å²) in [7, 11) is 0. The smallest absolute Gasteiger partial charge is 0.233 e. The first kappa shape index (κ1) is 16.0. The molecular weight excluding hydrogens is 242 g/mol. The normalized spacial score (nSPS) is 19.9. The first-order valence-corrected chi connectivity index (χ1v) is 7.12. The van der Waals surface area contributed by atoms with Crippen molar-refractivity contribution in [2.75, 3.05) is 13.1 Å². The van der Waals surface area contributed by atoms with Gasteiger partial charge in [0.25, 0.3) is 0 Å². The number of hydrogen-bond acceptors (Lipinski definition) is 3. The molecule has 1 fully saturated rings. The van der Waals surface area contributed by atoms with Crippen molar-refractivity contribution < 1.29 is 9.59 Å². The van der Waals surface area contributed by atoms with Gasteiger partial charge in [0.1, 0.15) is 0 Å². The van der Waals surface area contributed by atoms with Crippen LogP contribution < -0.4 is 11.3 Å². The Morgan fingerprint density at radius 3 is 2.58 bits per heavy atom. The van der Waals surface area contributed by atoms with E-state index in [0.29, 0.717) is 18.8 Å². The molecule has 0 aromatic rings. The van der Waals surface area contributed by atoms with Gasteiger partial charge in [-0.1, -0.05) is 27.2 Å². The Bertz CT molecular complexity index is 323. The van der Waals surface area contributed by atoms with E-state index in [-0.39, 0.29) is 17.2 Å². The second-order valence-corrected chi connectivity index (χ2v) is 6.49. The van der Waals surface area contributed by atoms with E-state index in [4.69, 9.17) is 5.84 Å². The molecule has 0 radical (unpaired) electrons. The Morgan fingerprint density at radius 1 is 1.37 bits per heavy atom. The van der Waals surface area contributed by atoms with Crippen molar-refractivity contribution in [2.24, 2.45) is 17.2 Å². The van der Waals surface area contributed by atoms with Gasteiger partial charge in [-0.05, 0) is 24.2 Å². The van der Waals surface area contributed by atoms with Gasteiger partial charge in [-0.25, -0.2) is 5.84 Å². The second-order valence-electron chi connectivity index (χ2n) is 6.49. The van der Waals surface area contributed by atoms with Crippen molar-refractivity contribution >= 4 is 11.8 Å². The van der Waals surface area contributed by atoms with Crippen LogP contribution in [-0.2, 0) is 9.59 Å². The van der Waals surface area contributed by atoms with Crippen molar-refractivity contribution in [3.8, 4) is 0 Å². The highest BCUT2D eigenvalue weighted by Gasteiger charge is 2.36. The highest BCUT2D eigenvalue weighted by atomic mass is 16.2. The molecule has 1 saturated heterocycles. The fourth-order valence-electron chi connectivity index (χ4n) is 2.41. The molecule has 1 aliphatic heterocycles. The maximum absolute atomic E-state index is 11.9. The summed E-state index contributed by atoms with van der Waals surface area (Å²) in [4.78, 5) is 24.8. The maximum Gasteiger partial charge on any atom is 0.233 e. The van der Waals surface area contributed by atoms with Crippen LogP contribution in [0.15, 0.2) is 0 Å². The quantitative estimate of drug-likeness (QED) is 0.331. The van der Waals surface area contributed by atoms with Crippen LogP contribution in [0.3, 0.4) is 0 Å². The fourth-order valence-corrected chi connectivity index (χ4v) is 2.41. The lowest BCUT2D eigenvalue weighted by Gasteiger charge is -2.26. The topological polar surface area (TPSA) is 75.4 Å². The molecule has 1 atom stereocenters. The van der Waals surface area contributed by atoms with Crippen LogP contribution in [0.2, 0.25) is 0 Å². The summed E-state index contributed by atoms with van der Waals surface area (Å²) in [6.07, 6.45) is 3.89. The molecule has 0 bridgehead atoms. The number of unbranched alkanes of at least 4 members (excludes halogenated alkanes) is 2. The summed E-state index contributed by atoms with van der Waals surface area (Å²) in [6.45, 7) is 8.28. The third-order valence-corrected chi connectivity index (χ3v) is 3.93. The zero-order valence-electron chi connectivity index (χ0n) is 12.4. The number of carbonyl (C=O) groups excluding carboxylic acids is 2. The monoisotopic (exact) mass is 269 g/mol. The van der Waals surface area contributed by atoms with Crippen molar-refractivity contribution in [1.82, 2.24) is 10.3 Å². The molecule has 5 heteroatoms. The first-order chi connectivity index (χ1) is 8.84. The van der Waals surface area contributed by atoms with Gasteiger partial charge in [0, 0.05) is 25.9 Å². The number of amides is 2. The van der Waals surface area contributed by atoms with Gasteiger partial charge in [-0.2, -0.15) is 0 Å². The van der Waals surface area contributed by atoms with Crippen molar-refractivity contribution in [2.45, 2.75) is 52.9 Å². The van der Waals surface area contributed by atoms with Gasteiger partial charge in [-0.15, -0.1) is 0 Å². The molecule has 1 aliphatic rings. The Hall–Kier alpha value is -1.10. The summed E-state index contributed by atoms with van der Waals surface area (Å²) in [6, 6.07) is 0. The number of nitrogens with one attached hydrogen (secondary N) is 1. The third-order valence-electron chi connectivity index (χ3n) is 3.93. The highest BCUT2D eigenvalue weighted by molar-refractivity contribution is 5.78. The molecule has 0 aromatic heterocycles. The summed E-state index contributed by atoms with van der Waals surface area (Å²) < 4.78 is 0. The number of hydrazine groups is 1. The summed E-state index contributed by atoms with van der Waals surface area (Å²) in [5.41, 5.74) is 2.32. The number of nitrogens with zero attached hydrogens (tertiary/aromatic N) is 1. The lowest BCUT2D eigenvalue weighted by molar-refractivity contribution is -0.128. The minimum Gasteiger partial charge on any atom is -0.342 e. The van der Waals surface area contributed by atoms with Crippen molar-refractivity contribution in [1.29, 1.82) is 0 Å². The van der Waals surface area contributed by atoms with Gasteiger partial charge in [-0.3, -0.25) is 15.0 Å². The Kier molecular flexibility index (Phi) is 5.79. The SMILES string of the molecule is CC(C)(C)C1CC(=O)N(CCCCCC(=O)NN)C1. The Morgan fingerprint density at radius 2 is 2.05 bits per heavy atom. The van der Waals surface area contributed by atoms with Gasteiger partial charge < -0.3 is 4.90 Å². The van der Waals surface area contributed by atoms with Gasteiger partial charge in [0.05, 0.1) is 0 Å². The number of hydrogen-bond donors (Lipinski definition) is 2.